The van der Waals surface area contributed by atoms with Crippen molar-refractivity contribution < 1.29 is 23.9 Å². The summed E-state index contributed by atoms with van der Waals surface area (Å²) in [6.45, 7) is 5.24. The molecule has 2 aromatic rings. The number of benzene rings is 2. The summed E-state index contributed by atoms with van der Waals surface area (Å²) in [6.07, 6.45) is -0.0645. The van der Waals surface area contributed by atoms with Crippen LogP contribution in [0.25, 0.3) is 0 Å². The third kappa shape index (κ3) is 6.13. The number of alkyl carbamates (subject to hydrolysis) is 1. The number of esters is 1. The highest BCUT2D eigenvalue weighted by molar-refractivity contribution is 9.10. The van der Waals surface area contributed by atoms with Gasteiger partial charge in [0, 0.05) is 16.8 Å². The second kappa shape index (κ2) is 9.95. The lowest BCUT2D eigenvalue weighted by molar-refractivity contribution is -0.146. The summed E-state index contributed by atoms with van der Waals surface area (Å²) in [5, 5.41) is 5.54. The average Bonchev–Trinajstić information content (AvgIpc) is 3.47. The van der Waals surface area contributed by atoms with Gasteiger partial charge in [0.2, 0.25) is 5.91 Å². The maximum atomic E-state index is 13.4. The zero-order valence-electron chi connectivity index (χ0n) is 19.2. The van der Waals surface area contributed by atoms with Crippen molar-refractivity contribution in [2.75, 3.05) is 7.11 Å². The Kier molecular flexibility index (Phi) is 7.47. The molecule has 2 amide bonds. The van der Waals surface area contributed by atoms with Crippen molar-refractivity contribution in [3.05, 3.63) is 70.2 Å². The number of halogens is 1. The van der Waals surface area contributed by atoms with E-state index in [2.05, 4.69) is 26.6 Å². The molecule has 3 atom stereocenters. The lowest BCUT2D eigenvalue weighted by Gasteiger charge is -2.25. The predicted octanol–water partition coefficient (Wildman–Crippen LogP) is 4.10. The van der Waals surface area contributed by atoms with Crippen LogP contribution in [0.5, 0.6) is 0 Å². The molecule has 0 radical (unpaired) electrons. The van der Waals surface area contributed by atoms with E-state index in [1.165, 1.54) is 7.11 Å². The Morgan fingerprint density at radius 3 is 2.33 bits per heavy atom. The van der Waals surface area contributed by atoms with Gasteiger partial charge < -0.3 is 20.1 Å². The Bertz CT molecular complexity index is 1020. The molecule has 176 valence electrons. The molecule has 2 aromatic carbocycles. The summed E-state index contributed by atoms with van der Waals surface area (Å²) in [5.41, 5.74) is -0.145. The number of hydrogen-bond acceptors (Lipinski definition) is 5. The normalized spacial score (nSPS) is 20.3. The molecule has 0 heterocycles. The molecule has 1 fully saturated rings. The number of ether oxygens (including phenoxy) is 2. The zero-order valence-corrected chi connectivity index (χ0v) is 20.8. The van der Waals surface area contributed by atoms with Crippen molar-refractivity contribution >= 4 is 33.9 Å². The molecule has 33 heavy (non-hydrogen) atoms. The van der Waals surface area contributed by atoms with Gasteiger partial charge in [0.25, 0.3) is 0 Å². The molecule has 0 bridgehead atoms. The van der Waals surface area contributed by atoms with Gasteiger partial charge in [-0.25, -0.2) is 9.59 Å². The predicted molar refractivity (Wildman–Crippen MR) is 128 cm³/mol. The van der Waals surface area contributed by atoms with Crippen molar-refractivity contribution in [3.8, 4) is 0 Å². The number of rotatable bonds is 7. The Morgan fingerprint density at radius 1 is 1.09 bits per heavy atom. The molecular weight excluding hydrogens is 488 g/mol. The summed E-state index contributed by atoms with van der Waals surface area (Å²) >= 11 is 3.52. The summed E-state index contributed by atoms with van der Waals surface area (Å²) in [5.74, 6) is -1.25. The summed E-state index contributed by atoms with van der Waals surface area (Å²) in [7, 11) is 1.30. The van der Waals surface area contributed by atoms with Crippen LogP contribution in [-0.2, 0) is 25.5 Å². The van der Waals surface area contributed by atoms with Gasteiger partial charge in [0.15, 0.2) is 0 Å². The summed E-state index contributed by atoms with van der Waals surface area (Å²) in [6, 6.07) is 15.9. The van der Waals surface area contributed by atoms with Gasteiger partial charge in [-0.05, 0) is 44.4 Å². The first kappa shape index (κ1) is 24.8. The molecule has 0 aliphatic heterocycles. The average molecular weight is 517 g/mol. The molecule has 2 N–H and O–H groups in total. The fraction of sp³-hybridized carbons (Fsp3) is 0.400. The monoisotopic (exact) mass is 516 g/mol. The van der Waals surface area contributed by atoms with Crippen LogP contribution in [0.3, 0.4) is 0 Å². The lowest BCUT2D eigenvalue weighted by Crippen LogP contribution is -2.55. The third-order valence-electron chi connectivity index (χ3n) is 5.43. The maximum Gasteiger partial charge on any atom is 0.408 e. The van der Waals surface area contributed by atoms with Gasteiger partial charge in [0.1, 0.15) is 17.2 Å². The van der Waals surface area contributed by atoms with Crippen molar-refractivity contribution in [2.24, 2.45) is 0 Å². The van der Waals surface area contributed by atoms with E-state index in [-0.39, 0.29) is 12.3 Å². The van der Waals surface area contributed by atoms with Crippen LogP contribution in [0.15, 0.2) is 59.1 Å². The van der Waals surface area contributed by atoms with Gasteiger partial charge in [-0.2, -0.15) is 0 Å². The summed E-state index contributed by atoms with van der Waals surface area (Å²) in [4.78, 5) is 38.6. The van der Waals surface area contributed by atoms with Gasteiger partial charge in [-0.1, -0.05) is 64.5 Å². The van der Waals surface area contributed by atoms with E-state index >= 15 is 0 Å². The smallest absolute Gasteiger partial charge is 0.408 e. The zero-order chi connectivity index (χ0) is 24.2. The van der Waals surface area contributed by atoms with Crippen molar-refractivity contribution in [3.63, 3.8) is 0 Å². The Balaban J connectivity index is 1.83. The van der Waals surface area contributed by atoms with Crippen LogP contribution in [0.4, 0.5) is 4.79 Å². The van der Waals surface area contributed by atoms with Gasteiger partial charge in [-0.3, -0.25) is 4.79 Å². The molecule has 0 spiro atoms. The van der Waals surface area contributed by atoms with Crippen LogP contribution >= 0.6 is 15.9 Å². The van der Waals surface area contributed by atoms with E-state index in [1.54, 1.807) is 20.8 Å². The van der Waals surface area contributed by atoms with Crippen LogP contribution in [0.1, 0.15) is 44.2 Å². The first-order valence-electron chi connectivity index (χ1n) is 10.7. The van der Waals surface area contributed by atoms with E-state index in [0.29, 0.717) is 6.42 Å². The van der Waals surface area contributed by atoms with Gasteiger partial charge >= 0.3 is 12.1 Å². The fourth-order valence-corrected chi connectivity index (χ4v) is 4.37. The van der Waals surface area contributed by atoms with Crippen molar-refractivity contribution in [1.82, 2.24) is 10.6 Å². The van der Waals surface area contributed by atoms with Crippen molar-refractivity contribution in [2.45, 2.75) is 56.7 Å². The number of amides is 2. The molecule has 0 saturated heterocycles. The minimum atomic E-state index is -1.19. The van der Waals surface area contributed by atoms with Crippen LogP contribution in [0, 0.1) is 0 Å². The Morgan fingerprint density at radius 2 is 1.73 bits per heavy atom. The van der Waals surface area contributed by atoms with Crippen LogP contribution < -0.4 is 10.6 Å². The standard InChI is InChI=1S/C25H29BrN2O5/c1-24(2,3)33-23(31)27-20(14-16-10-6-5-7-11-16)21(29)28-25(22(30)32-4)15-18(25)17-12-8-9-13-19(17)26/h5-13,18,20H,14-15H2,1-4H3,(H,27,31)(H,28,29)/t18?,20-,25?/m0/s1. The lowest BCUT2D eigenvalue weighted by atomic mass is 10.0. The molecule has 8 heteroatoms. The summed E-state index contributed by atoms with van der Waals surface area (Å²) < 4.78 is 11.2. The quantitative estimate of drug-likeness (QED) is 0.540. The minimum Gasteiger partial charge on any atom is -0.467 e. The van der Waals surface area contributed by atoms with E-state index in [1.807, 2.05) is 54.6 Å². The number of carbonyl (C=O) groups excluding carboxylic acids is 3. The van der Waals surface area contributed by atoms with Gasteiger partial charge in [0.05, 0.1) is 7.11 Å². The molecule has 1 saturated carbocycles. The second-order valence-corrected chi connectivity index (χ2v) is 9.97. The van der Waals surface area contributed by atoms with E-state index in [4.69, 9.17) is 9.47 Å². The fourth-order valence-electron chi connectivity index (χ4n) is 3.81. The van der Waals surface area contributed by atoms with Gasteiger partial charge in [-0.15, -0.1) is 0 Å². The first-order chi connectivity index (χ1) is 15.6. The van der Waals surface area contributed by atoms with Crippen LogP contribution in [-0.4, -0.2) is 42.3 Å². The topological polar surface area (TPSA) is 93.7 Å². The number of methoxy groups -OCH3 is 1. The van der Waals surface area contributed by atoms with E-state index in [9.17, 15) is 14.4 Å². The number of hydrogen-bond donors (Lipinski definition) is 2. The highest BCUT2D eigenvalue weighted by Gasteiger charge is 2.63. The SMILES string of the molecule is COC(=O)C1(NC(=O)[C@H](Cc2ccccc2)NC(=O)OC(C)(C)C)CC1c1ccccc1Br. The molecule has 3 rings (SSSR count). The highest BCUT2D eigenvalue weighted by atomic mass is 79.9. The third-order valence-corrected chi connectivity index (χ3v) is 6.15. The van der Waals surface area contributed by atoms with E-state index < -0.39 is 35.2 Å². The first-order valence-corrected chi connectivity index (χ1v) is 11.5. The highest BCUT2D eigenvalue weighted by Crippen LogP contribution is 2.54. The minimum absolute atomic E-state index is 0.239. The molecule has 2 unspecified atom stereocenters. The molecule has 0 aromatic heterocycles. The van der Waals surface area contributed by atoms with Crippen LogP contribution in [0.2, 0.25) is 0 Å². The molecule has 1 aliphatic rings. The molecule has 1 aliphatic carbocycles. The van der Waals surface area contributed by atoms with E-state index in [0.717, 1.165) is 15.6 Å². The Labute approximate surface area is 202 Å². The van der Waals surface area contributed by atoms with Crippen molar-refractivity contribution in [1.29, 1.82) is 0 Å². The number of nitrogens with one attached hydrogen (secondary N) is 2. The second-order valence-electron chi connectivity index (χ2n) is 9.12. The molecule has 7 nitrogen and oxygen atoms in total. The maximum absolute atomic E-state index is 13.4. The number of carbonyl (C=O) groups is 3. The Hall–Kier alpha value is -2.87. The largest absolute Gasteiger partial charge is 0.467 e. The molecular formula is C25H29BrN2O5.